The van der Waals surface area contributed by atoms with Gasteiger partial charge in [0.1, 0.15) is 0 Å². The van der Waals surface area contributed by atoms with E-state index >= 15 is 0 Å². The average molecular weight is 455 g/mol. The predicted octanol–water partition coefficient (Wildman–Crippen LogP) is 5.39. The van der Waals surface area contributed by atoms with Crippen LogP contribution in [0.1, 0.15) is 69.7 Å². The smallest absolute Gasteiger partial charge is 0.267 e. The van der Waals surface area contributed by atoms with E-state index in [1.54, 1.807) is 24.3 Å². The molecule has 0 atom stereocenters. The van der Waals surface area contributed by atoms with E-state index in [0.29, 0.717) is 24.0 Å². The molecule has 3 rings (SSSR count). The summed E-state index contributed by atoms with van der Waals surface area (Å²) >= 11 is 0. The van der Waals surface area contributed by atoms with Gasteiger partial charge in [-0.2, -0.15) is 10.2 Å². The highest BCUT2D eigenvalue weighted by Gasteiger charge is 2.10. The van der Waals surface area contributed by atoms with Crippen molar-refractivity contribution in [3.05, 3.63) is 106 Å². The lowest BCUT2D eigenvalue weighted by Gasteiger charge is -2.07. The summed E-state index contributed by atoms with van der Waals surface area (Å²) in [6, 6.07) is 22.4. The number of benzene rings is 3. The maximum Gasteiger partial charge on any atom is 0.271 e. The normalized spacial score (nSPS) is 11.8. The number of hydrogen-bond donors (Lipinski definition) is 2. The first kappa shape index (κ1) is 24.6. The largest absolute Gasteiger partial charge is 0.271 e. The second kappa shape index (κ2) is 11.7. The summed E-state index contributed by atoms with van der Waals surface area (Å²) < 4.78 is 0. The minimum atomic E-state index is -0.337. The SMILES string of the molecule is CC/C(=N\NC(=O)c1ccc(C(=O)N/N=C(\CC)c2ccc(C)cc2)cc1)c1ccc(C)cc1. The topological polar surface area (TPSA) is 82.9 Å². The Morgan fingerprint density at radius 1 is 0.559 bits per heavy atom. The summed E-state index contributed by atoms with van der Waals surface area (Å²) in [5.41, 5.74) is 11.9. The van der Waals surface area contributed by atoms with Crippen molar-refractivity contribution in [1.82, 2.24) is 10.9 Å². The quantitative estimate of drug-likeness (QED) is 0.353. The molecule has 0 aromatic heterocycles. The van der Waals surface area contributed by atoms with Crippen molar-refractivity contribution in [2.45, 2.75) is 40.5 Å². The molecule has 0 radical (unpaired) electrons. The standard InChI is InChI=1S/C28H30N4O2/c1-5-25(21-11-7-19(3)8-12-21)29-31-27(33)23-15-17-24(18-16-23)28(34)32-30-26(6-2)22-13-9-20(4)10-14-22/h7-18H,5-6H2,1-4H3,(H,31,33)(H,32,34)/b29-25+,30-26+. The number of carbonyl (C=O) groups is 2. The van der Waals surface area contributed by atoms with Gasteiger partial charge < -0.3 is 0 Å². The maximum absolute atomic E-state index is 12.5. The Morgan fingerprint density at radius 3 is 1.15 bits per heavy atom. The van der Waals surface area contributed by atoms with E-state index in [4.69, 9.17) is 0 Å². The Hall–Kier alpha value is -4.06. The number of hydrogen-bond acceptors (Lipinski definition) is 4. The van der Waals surface area contributed by atoms with Crippen LogP contribution < -0.4 is 10.9 Å². The highest BCUT2D eigenvalue weighted by Crippen LogP contribution is 2.09. The van der Waals surface area contributed by atoms with Crippen molar-refractivity contribution in [3.63, 3.8) is 0 Å². The average Bonchev–Trinajstić information content (AvgIpc) is 2.86. The molecule has 174 valence electrons. The second-order valence-electron chi connectivity index (χ2n) is 8.02. The number of rotatable bonds is 8. The first-order chi connectivity index (χ1) is 16.4. The van der Waals surface area contributed by atoms with Gasteiger partial charge in [0, 0.05) is 11.1 Å². The molecule has 0 fully saturated rings. The van der Waals surface area contributed by atoms with E-state index in [1.807, 2.05) is 76.2 Å². The monoisotopic (exact) mass is 454 g/mol. The maximum atomic E-state index is 12.5. The second-order valence-corrected chi connectivity index (χ2v) is 8.02. The third-order valence-electron chi connectivity index (χ3n) is 5.43. The fraction of sp³-hybridized carbons (Fsp3) is 0.214. The zero-order valence-corrected chi connectivity index (χ0v) is 20.1. The summed E-state index contributed by atoms with van der Waals surface area (Å²) in [7, 11) is 0. The Labute approximate surface area is 200 Å². The van der Waals surface area contributed by atoms with Crippen LogP contribution >= 0.6 is 0 Å². The summed E-state index contributed by atoms with van der Waals surface area (Å²) in [6.07, 6.45) is 1.37. The number of nitrogens with one attached hydrogen (secondary N) is 2. The van der Waals surface area contributed by atoms with Gasteiger partial charge in [0.25, 0.3) is 11.8 Å². The molecule has 2 amide bonds. The summed E-state index contributed by atoms with van der Waals surface area (Å²) in [6.45, 7) is 8.03. The van der Waals surface area contributed by atoms with Gasteiger partial charge in [-0.15, -0.1) is 0 Å². The van der Waals surface area contributed by atoms with Crippen LogP contribution in [0.15, 0.2) is 83.0 Å². The zero-order valence-electron chi connectivity index (χ0n) is 20.1. The van der Waals surface area contributed by atoms with Crippen molar-refractivity contribution in [2.75, 3.05) is 0 Å². The van der Waals surface area contributed by atoms with E-state index in [9.17, 15) is 9.59 Å². The first-order valence-electron chi connectivity index (χ1n) is 11.4. The molecular formula is C28H30N4O2. The van der Waals surface area contributed by atoms with Gasteiger partial charge in [0.15, 0.2) is 0 Å². The number of amides is 2. The molecule has 6 heteroatoms. The van der Waals surface area contributed by atoms with Crippen LogP contribution in [0.5, 0.6) is 0 Å². The summed E-state index contributed by atoms with van der Waals surface area (Å²) in [5.74, 6) is -0.675. The van der Waals surface area contributed by atoms with Crippen LogP contribution in [0, 0.1) is 13.8 Å². The van der Waals surface area contributed by atoms with Crippen LogP contribution in [0.3, 0.4) is 0 Å². The number of hydrazone groups is 2. The zero-order chi connectivity index (χ0) is 24.5. The van der Waals surface area contributed by atoms with Crippen LogP contribution in [0.25, 0.3) is 0 Å². The number of aryl methyl sites for hydroxylation is 2. The van der Waals surface area contributed by atoms with Gasteiger partial charge in [0.2, 0.25) is 0 Å². The highest BCUT2D eigenvalue weighted by atomic mass is 16.2. The molecule has 2 N–H and O–H groups in total. The highest BCUT2D eigenvalue weighted by molar-refractivity contribution is 6.03. The molecule has 34 heavy (non-hydrogen) atoms. The molecule has 0 spiro atoms. The third kappa shape index (κ3) is 6.48. The first-order valence-corrected chi connectivity index (χ1v) is 11.4. The lowest BCUT2D eigenvalue weighted by atomic mass is 10.1. The molecule has 0 saturated carbocycles. The Bertz CT molecular complexity index is 1100. The number of nitrogens with zero attached hydrogens (tertiary/aromatic N) is 2. The lowest BCUT2D eigenvalue weighted by molar-refractivity contribution is 0.0943. The molecule has 0 heterocycles. The Kier molecular flexibility index (Phi) is 8.46. The van der Waals surface area contributed by atoms with Crippen molar-refractivity contribution >= 4 is 23.2 Å². The van der Waals surface area contributed by atoms with E-state index in [2.05, 4.69) is 21.1 Å². The Balaban J connectivity index is 1.64. The van der Waals surface area contributed by atoms with Crippen LogP contribution in [-0.2, 0) is 0 Å². The molecule has 0 aliphatic carbocycles. The molecule has 3 aromatic rings. The molecule has 0 saturated heterocycles. The van der Waals surface area contributed by atoms with Crippen molar-refractivity contribution in [3.8, 4) is 0 Å². The van der Waals surface area contributed by atoms with Crippen molar-refractivity contribution in [2.24, 2.45) is 10.2 Å². The van der Waals surface area contributed by atoms with Gasteiger partial charge >= 0.3 is 0 Å². The predicted molar refractivity (Wildman–Crippen MR) is 137 cm³/mol. The minimum Gasteiger partial charge on any atom is -0.267 e. The fourth-order valence-electron chi connectivity index (χ4n) is 3.33. The molecule has 3 aromatic carbocycles. The minimum absolute atomic E-state index is 0.337. The van der Waals surface area contributed by atoms with E-state index < -0.39 is 0 Å². The molecule has 0 bridgehead atoms. The van der Waals surface area contributed by atoms with Gasteiger partial charge in [-0.3, -0.25) is 9.59 Å². The van der Waals surface area contributed by atoms with E-state index in [1.165, 1.54) is 11.1 Å². The van der Waals surface area contributed by atoms with E-state index in [-0.39, 0.29) is 11.8 Å². The van der Waals surface area contributed by atoms with Gasteiger partial charge in [-0.1, -0.05) is 73.5 Å². The third-order valence-corrected chi connectivity index (χ3v) is 5.43. The molecule has 0 unspecified atom stereocenters. The fourth-order valence-corrected chi connectivity index (χ4v) is 3.33. The van der Waals surface area contributed by atoms with Crippen molar-refractivity contribution < 1.29 is 9.59 Å². The van der Waals surface area contributed by atoms with Crippen molar-refractivity contribution in [1.29, 1.82) is 0 Å². The van der Waals surface area contributed by atoms with Gasteiger partial charge in [-0.25, -0.2) is 10.9 Å². The van der Waals surface area contributed by atoms with Gasteiger partial charge in [-0.05, 0) is 62.1 Å². The Morgan fingerprint density at radius 2 is 0.853 bits per heavy atom. The van der Waals surface area contributed by atoms with Crippen LogP contribution in [-0.4, -0.2) is 23.2 Å². The van der Waals surface area contributed by atoms with Gasteiger partial charge in [0.05, 0.1) is 11.4 Å². The molecule has 6 nitrogen and oxygen atoms in total. The molecular weight excluding hydrogens is 424 g/mol. The molecule has 0 aliphatic heterocycles. The van der Waals surface area contributed by atoms with Crippen LogP contribution in [0.4, 0.5) is 0 Å². The lowest BCUT2D eigenvalue weighted by Crippen LogP contribution is -2.21. The molecule has 0 aliphatic rings. The van der Waals surface area contributed by atoms with E-state index in [0.717, 1.165) is 22.6 Å². The summed E-state index contributed by atoms with van der Waals surface area (Å²) in [5, 5.41) is 8.58. The summed E-state index contributed by atoms with van der Waals surface area (Å²) in [4.78, 5) is 25.1. The van der Waals surface area contributed by atoms with Crippen LogP contribution in [0.2, 0.25) is 0 Å². The number of carbonyl (C=O) groups excluding carboxylic acids is 2.